The molecule has 0 unspecified atom stereocenters. The molecule has 0 saturated heterocycles. The zero-order valence-electron chi connectivity index (χ0n) is 16.5. The van der Waals surface area contributed by atoms with Crippen LogP contribution in [0.4, 0.5) is 19.0 Å². The monoisotopic (exact) mass is 492 g/mol. The number of carbonyl (C=O) groups excluding carboxylic acids is 1. The summed E-state index contributed by atoms with van der Waals surface area (Å²) < 4.78 is 43.2. The van der Waals surface area contributed by atoms with Crippen molar-refractivity contribution in [3.05, 3.63) is 82.0 Å². The molecule has 2 aromatic carbocycles. The average Bonchev–Trinajstić information content (AvgIpc) is 3.17. The van der Waals surface area contributed by atoms with E-state index in [9.17, 15) is 18.0 Å². The van der Waals surface area contributed by atoms with Gasteiger partial charge in [0.05, 0.1) is 18.3 Å². The molecule has 1 aliphatic rings. The molecule has 0 bridgehead atoms. The number of halogens is 4. The Morgan fingerprint density at radius 2 is 1.87 bits per heavy atom. The van der Waals surface area contributed by atoms with Crippen molar-refractivity contribution in [1.29, 1.82) is 0 Å². The molecule has 2 N–H and O–H groups in total. The molecule has 1 aromatic heterocycles. The van der Waals surface area contributed by atoms with Crippen molar-refractivity contribution in [2.45, 2.75) is 37.6 Å². The fraction of sp³-hybridized carbons (Fsp3) is 0.273. The number of anilines is 1. The summed E-state index contributed by atoms with van der Waals surface area (Å²) in [5.74, 6) is -0.415. The summed E-state index contributed by atoms with van der Waals surface area (Å²) in [6.07, 6.45) is -3.53. The zero-order chi connectivity index (χ0) is 22.2. The Bertz CT molecular complexity index is 1070. The van der Waals surface area contributed by atoms with Crippen molar-refractivity contribution in [2.75, 3.05) is 5.32 Å². The van der Waals surface area contributed by atoms with Crippen LogP contribution < -0.4 is 10.6 Å². The third kappa shape index (κ3) is 4.46. The van der Waals surface area contributed by atoms with E-state index in [0.29, 0.717) is 5.56 Å². The second kappa shape index (κ2) is 8.37. The number of amides is 1. The maximum atomic E-state index is 13.8. The summed E-state index contributed by atoms with van der Waals surface area (Å²) in [4.78, 5) is 12.9. The van der Waals surface area contributed by atoms with E-state index in [1.165, 1.54) is 6.20 Å². The number of aromatic nitrogens is 2. The molecule has 0 spiro atoms. The molecular formula is C22H20BrF3N4O. The molecule has 0 fully saturated rings. The lowest BCUT2D eigenvalue weighted by Gasteiger charge is -2.34. The number of carbonyl (C=O) groups is 1. The number of benzene rings is 2. The average molecular weight is 493 g/mol. The molecule has 1 amide bonds. The maximum absolute atomic E-state index is 13.8. The van der Waals surface area contributed by atoms with Crippen LogP contribution in [-0.4, -0.2) is 21.9 Å². The van der Waals surface area contributed by atoms with Crippen molar-refractivity contribution >= 4 is 27.7 Å². The summed E-state index contributed by atoms with van der Waals surface area (Å²) in [6.45, 7) is 1.82. The maximum Gasteiger partial charge on any atom is 0.410 e. The van der Waals surface area contributed by atoms with Gasteiger partial charge in [0.1, 0.15) is 11.4 Å². The van der Waals surface area contributed by atoms with Crippen molar-refractivity contribution in [1.82, 2.24) is 15.1 Å². The van der Waals surface area contributed by atoms with E-state index in [2.05, 4.69) is 31.7 Å². The van der Waals surface area contributed by atoms with Gasteiger partial charge in [0.2, 0.25) is 0 Å². The normalized spacial score (nSPS) is 19.3. The quantitative estimate of drug-likeness (QED) is 0.484. The van der Waals surface area contributed by atoms with E-state index in [-0.39, 0.29) is 23.8 Å². The highest BCUT2D eigenvalue weighted by Crippen LogP contribution is 2.44. The molecule has 31 heavy (non-hydrogen) atoms. The van der Waals surface area contributed by atoms with Gasteiger partial charge in [-0.25, -0.2) is 4.68 Å². The highest BCUT2D eigenvalue weighted by molar-refractivity contribution is 9.10. The first kappa shape index (κ1) is 21.4. The number of nitrogens with zero attached hydrogens (tertiary/aromatic N) is 2. The topological polar surface area (TPSA) is 59.0 Å². The van der Waals surface area contributed by atoms with Gasteiger partial charge in [-0.1, -0.05) is 58.4 Å². The third-order valence-corrected chi connectivity index (χ3v) is 5.93. The lowest BCUT2D eigenvalue weighted by molar-refractivity contribution is -0.173. The van der Waals surface area contributed by atoms with E-state index in [4.69, 9.17) is 0 Å². The largest absolute Gasteiger partial charge is 0.410 e. The first-order valence-corrected chi connectivity index (χ1v) is 10.6. The lowest BCUT2D eigenvalue weighted by Crippen LogP contribution is -2.36. The molecule has 3 aromatic rings. The van der Waals surface area contributed by atoms with Gasteiger partial charge in [-0.15, -0.1) is 0 Å². The van der Waals surface area contributed by atoms with Gasteiger partial charge in [0.25, 0.3) is 5.91 Å². The predicted molar refractivity (Wildman–Crippen MR) is 115 cm³/mol. The molecule has 2 heterocycles. The van der Waals surface area contributed by atoms with Gasteiger partial charge >= 0.3 is 6.18 Å². The Balaban J connectivity index is 1.65. The molecule has 9 heteroatoms. The van der Waals surface area contributed by atoms with E-state index in [0.717, 1.165) is 14.7 Å². The lowest BCUT2D eigenvalue weighted by atomic mass is 9.96. The van der Waals surface area contributed by atoms with E-state index in [1.807, 2.05) is 37.3 Å². The van der Waals surface area contributed by atoms with Crippen LogP contribution in [0.3, 0.4) is 0 Å². The Kier molecular flexibility index (Phi) is 5.79. The Labute approximate surface area is 185 Å². The highest BCUT2D eigenvalue weighted by atomic mass is 79.9. The molecule has 5 nitrogen and oxygen atoms in total. The summed E-state index contributed by atoms with van der Waals surface area (Å²) in [5, 5.41) is 9.86. The third-order valence-electron chi connectivity index (χ3n) is 5.40. The zero-order valence-corrected chi connectivity index (χ0v) is 18.1. The fourth-order valence-corrected chi connectivity index (χ4v) is 4.01. The van der Waals surface area contributed by atoms with Gasteiger partial charge in [0.15, 0.2) is 6.04 Å². The fourth-order valence-electron chi connectivity index (χ4n) is 3.74. The minimum Gasteiger partial charge on any atom is -0.363 e. The van der Waals surface area contributed by atoms with E-state index in [1.54, 1.807) is 24.3 Å². The summed E-state index contributed by atoms with van der Waals surface area (Å²) >= 11 is 3.34. The predicted octanol–water partition coefficient (Wildman–Crippen LogP) is 5.80. The van der Waals surface area contributed by atoms with Gasteiger partial charge < -0.3 is 10.6 Å². The Morgan fingerprint density at radius 3 is 2.52 bits per heavy atom. The smallest absolute Gasteiger partial charge is 0.363 e. The molecule has 0 radical (unpaired) electrons. The first-order valence-electron chi connectivity index (χ1n) is 9.76. The van der Waals surface area contributed by atoms with Crippen LogP contribution in [0.2, 0.25) is 0 Å². The molecule has 162 valence electrons. The SMILES string of the molecule is C[C@H](NC(=O)c1cnn2c1N[C@H](c1ccc(Br)cc1)C[C@@H]2C(F)(F)F)c1ccccc1. The van der Waals surface area contributed by atoms with Crippen molar-refractivity contribution < 1.29 is 18.0 Å². The molecule has 3 atom stereocenters. The molecular weight excluding hydrogens is 473 g/mol. The van der Waals surface area contributed by atoms with Crippen LogP contribution in [0.5, 0.6) is 0 Å². The van der Waals surface area contributed by atoms with Crippen LogP contribution in [0.1, 0.15) is 53.0 Å². The van der Waals surface area contributed by atoms with Gasteiger partial charge in [0, 0.05) is 10.9 Å². The van der Waals surface area contributed by atoms with Crippen LogP contribution in [-0.2, 0) is 0 Å². The Morgan fingerprint density at radius 1 is 1.19 bits per heavy atom. The molecule has 1 aliphatic heterocycles. The van der Waals surface area contributed by atoms with Crippen LogP contribution in [0.15, 0.2) is 65.3 Å². The van der Waals surface area contributed by atoms with Crippen LogP contribution in [0.25, 0.3) is 0 Å². The van der Waals surface area contributed by atoms with Crippen molar-refractivity contribution in [3.8, 4) is 0 Å². The minimum atomic E-state index is -4.50. The summed E-state index contributed by atoms with van der Waals surface area (Å²) in [7, 11) is 0. The van der Waals surface area contributed by atoms with Gasteiger partial charge in [-0.05, 0) is 30.2 Å². The number of alkyl halides is 3. The second-order valence-corrected chi connectivity index (χ2v) is 8.41. The van der Waals surface area contributed by atoms with Gasteiger partial charge in [-0.2, -0.15) is 18.3 Å². The van der Waals surface area contributed by atoms with Crippen molar-refractivity contribution in [3.63, 3.8) is 0 Å². The standard InChI is InChI=1S/C22H20BrF3N4O/c1-13(14-5-3-2-4-6-14)28-21(31)17-12-27-30-19(22(24,25)26)11-18(29-20(17)30)15-7-9-16(23)10-8-15/h2-10,12-13,18-19,29H,11H2,1H3,(H,28,31)/t13-,18-,19+/m0/s1. The van der Waals surface area contributed by atoms with E-state index >= 15 is 0 Å². The van der Waals surface area contributed by atoms with Gasteiger partial charge in [-0.3, -0.25) is 4.79 Å². The molecule has 4 rings (SSSR count). The number of rotatable bonds is 4. The Hall–Kier alpha value is -2.81. The minimum absolute atomic E-state index is 0.0688. The van der Waals surface area contributed by atoms with Crippen molar-refractivity contribution in [2.24, 2.45) is 0 Å². The summed E-state index contributed by atoms with van der Waals surface area (Å²) in [5.41, 5.74) is 1.68. The first-order chi connectivity index (χ1) is 14.7. The number of hydrogen-bond acceptors (Lipinski definition) is 3. The number of fused-ring (bicyclic) bond motifs is 1. The van der Waals surface area contributed by atoms with Crippen LogP contribution in [0, 0.1) is 0 Å². The van der Waals surface area contributed by atoms with Crippen LogP contribution >= 0.6 is 15.9 Å². The van der Waals surface area contributed by atoms with E-state index < -0.39 is 24.2 Å². The number of hydrogen-bond donors (Lipinski definition) is 2. The molecule has 0 saturated carbocycles. The second-order valence-electron chi connectivity index (χ2n) is 7.50. The number of nitrogens with one attached hydrogen (secondary N) is 2. The molecule has 0 aliphatic carbocycles. The highest BCUT2D eigenvalue weighted by Gasteiger charge is 2.47. The summed E-state index contributed by atoms with van der Waals surface area (Å²) in [6, 6.07) is 13.7.